The van der Waals surface area contributed by atoms with E-state index < -0.39 is 5.91 Å². The van der Waals surface area contributed by atoms with E-state index in [4.69, 9.17) is 23.2 Å². The van der Waals surface area contributed by atoms with E-state index >= 15 is 0 Å². The summed E-state index contributed by atoms with van der Waals surface area (Å²) in [5.41, 5.74) is -0.141. The summed E-state index contributed by atoms with van der Waals surface area (Å²) < 4.78 is 0.693. The Morgan fingerprint density at radius 2 is 1.89 bits per heavy atom. The molecule has 0 aliphatic rings. The molecule has 1 aromatic heterocycles. The quantitative estimate of drug-likeness (QED) is 0.856. The van der Waals surface area contributed by atoms with E-state index in [9.17, 15) is 9.59 Å². The number of aromatic nitrogens is 1. The highest BCUT2D eigenvalue weighted by atomic mass is 79.9. The molecule has 1 amide bonds. The van der Waals surface area contributed by atoms with Gasteiger partial charge >= 0.3 is 0 Å². The van der Waals surface area contributed by atoms with Crippen LogP contribution in [0, 0.1) is 0 Å². The molecule has 0 aliphatic carbocycles. The topological polar surface area (TPSA) is 62.0 Å². The molecule has 0 fully saturated rings. The maximum atomic E-state index is 12.0. The van der Waals surface area contributed by atoms with Gasteiger partial charge in [0.2, 0.25) is 0 Å². The second kappa shape index (κ2) is 5.77. The normalized spacial score (nSPS) is 10.3. The molecule has 1 aromatic carbocycles. The Hall–Kier alpha value is -1.30. The van der Waals surface area contributed by atoms with E-state index in [-0.39, 0.29) is 26.7 Å². The van der Waals surface area contributed by atoms with Crippen LogP contribution in [0.2, 0.25) is 10.0 Å². The first-order valence-corrected chi connectivity index (χ1v) is 6.67. The summed E-state index contributed by atoms with van der Waals surface area (Å²) >= 11 is 15.2. The van der Waals surface area contributed by atoms with Crippen molar-refractivity contribution in [2.75, 3.05) is 5.32 Å². The van der Waals surface area contributed by atoms with Gasteiger partial charge in [0.05, 0.1) is 15.7 Å². The number of aromatic amines is 1. The number of carbonyl (C=O) groups is 1. The van der Waals surface area contributed by atoms with Crippen molar-refractivity contribution >= 4 is 50.7 Å². The Kier molecular flexibility index (Phi) is 4.29. The minimum atomic E-state index is -0.576. The third-order valence-corrected chi connectivity index (χ3v) is 3.37. The van der Waals surface area contributed by atoms with Crippen LogP contribution in [0.5, 0.6) is 0 Å². The summed E-state index contributed by atoms with van der Waals surface area (Å²) in [6, 6.07) is 4.45. The first kappa shape index (κ1) is 14.1. The monoisotopic (exact) mass is 360 g/mol. The third kappa shape index (κ3) is 3.18. The molecule has 0 saturated heterocycles. The number of rotatable bonds is 2. The predicted octanol–water partition coefficient (Wildman–Crippen LogP) is 3.70. The summed E-state index contributed by atoms with van der Waals surface area (Å²) in [4.78, 5) is 26.2. The summed E-state index contributed by atoms with van der Waals surface area (Å²) in [5.74, 6) is -0.576. The lowest BCUT2D eigenvalue weighted by molar-refractivity contribution is 0.102. The van der Waals surface area contributed by atoms with Crippen molar-refractivity contribution < 1.29 is 4.79 Å². The van der Waals surface area contributed by atoms with E-state index in [2.05, 4.69) is 26.2 Å². The first-order chi connectivity index (χ1) is 8.99. The van der Waals surface area contributed by atoms with Gasteiger partial charge in [-0.25, -0.2) is 0 Å². The standard InChI is InChI=1S/C12H7BrCl2N2O2/c13-6-3-8(14)11(9(15)4-6)17-12(19)7-5-16-2-1-10(7)18/h1-5H,(H,16,18)(H,17,19). The van der Waals surface area contributed by atoms with E-state index in [1.807, 2.05) is 0 Å². The van der Waals surface area contributed by atoms with Gasteiger partial charge in [-0.2, -0.15) is 0 Å². The maximum Gasteiger partial charge on any atom is 0.261 e. The van der Waals surface area contributed by atoms with Gasteiger partial charge in [-0.3, -0.25) is 9.59 Å². The minimum Gasteiger partial charge on any atom is -0.367 e. The highest BCUT2D eigenvalue weighted by Crippen LogP contribution is 2.33. The molecule has 1 heterocycles. The number of halogens is 3. The minimum absolute atomic E-state index is 0.0162. The van der Waals surface area contributed by atoms with Crippen LogP contribution < -0.4 is 10.7 Å². The van der Waals surface area contributed by atoms with E-state index in [0.29, 0.717) is 4.47 Å². The number of amides is 1. The molecule has 19 heavy (non-hydrogen) atoms. The maximum absolute atomic E-state index is 12.0. The number of H-pyrrole nitrogens is 1. The van der Waals surface area contributed by atoms with Crippen LogP contribution in [0.15, 0.2) is 39.9 Å². The fourth-order valence-electron chi connectivity index (χ4n) is 1.44. The molecule has 0 aliphatic heterocycles. The molecule has 4 nitrogen and oxygen atoms in total. The van der Waals surface area contributed by atoms with Crippen molar-refractivity contribution in [1.82, 2.24) is 4.98 Å². The molecular weight excluding hydrogens is 355 g/mol. The van der Waals surface area contributed by atoms with Crippen LogP contribution in [0.4, 0.5) is 5.69 Å². The van der Waals surface area contributed by atoms with Crippen molar-refractivity contribution in [3.05, 3.63) is 60.9 Å². The molecule has 7 heteroatoms. The Balaban J connectivity index is 2.35. The fraction of sp³-hybridized carbons (Fsp3) is 0. The van der Waals surface area contributed by atoms with Crippen molar-refractivity contribution in [1.29, 1.82) is 0 Å². The number of hydrogen-bond acceptors (Lipinski definition) is 2. The molecule has 0 saturated carbocycles. The van der Waals surface area contributed by atoms with Gasteiger partial charge in [0.1, 0.15) is 5.56 Å². The average Bonchev–Trinajstić information content (AvgIpc) is 2.34. The van der Waals surface area contributed by atoms with Crippen LogP contribution in [0.3, 0.4) is 0 Å². The second-order valence-corrected chi connectivity index (χ2v) is 5.35. The van der Waals surface area contributed by atoms with Gasteiger partial charge in [0.15, 0.2) is 5.43 Å². The first-order valence-electron chi connectivity index (χ1n) is 5.12. The molecule has 98 valence electrons. The van der Waals surface area contributed by atoms with E-state index in [0.717, 1.165) is 0 Å². The lowest BCUT2D eigenvalue weighted by Gasteiger charge is -2.09. The van der Waals surface area contributed by atoms with E-state index in [1.54, 1.807) is 12.1 Å². The van der Waals surface area contributed by atoms with Crippen LogP contribution >= 0.6 is 39.1 Å². The van der Waals surface area contributed by atoms with Crippen LogP contribution in [0.1, 0.15) is 10.4 Å². The van der Waals surface area contributed by atoms with Gasteiger partial charge in [0.25, 0.3) is 5.91 Å². The predicted molar refractivity (Wildman–Crippen MR) is 79.2 cm³/mol. The smallest absolute Gasteiger partial charge is 0.261 e. The summed E-state index contributed by atoms with van der Waals surface area (Å²) in [7, 11) is 0. The zero-order valence-electron chi connectivity index (χ0n) is 9.34. The Morgan fingerprint density at radius 1 is 1.26 bits per heavy atom. The lowest BCUT2D eigenvalue weighted by Crippen LogP contribution is -2.21. The average molecular weight is 362 g/mol. The fourth-order valence-corrected chi connectivity index (χ4v) is 2.74. The summed E-state index contributed by atoms with van der Waals surface area (Å²) in [6.07, 6.45) is 2.76. The zero-order chi connectivity index (χ0) is 14.0. The summed E-state index contributed by atoms with van der Waals surface area (Å²) in [6.45, 7) is 0. The van der Waals surface area contributed by atoms with Crippen LogP contribution in [-0.2, 0) is 0 Å². The molecule has 0 bridgehead atoms. The van der Waals surface area contributed by atoms with Gasteiger partial charge in [-0.05, 0) is 12.1 Å². The number of carbonyl (C=O) groups excluding carboxylic acids is 1. The molecule has 0 radical (unpaired) electrons. The number of anilines is 1. The number of benzene rings is 1. The second-order valence-electron chi connectivity index (χ2n) is 3.62. The largest absolute Gasteiger partial charge is 0.367 e. The SMILES string of the molecule is O=C(Nc1c(Cl)cc(Br)cc1Cl)c1c[nH]ccc1=O. The lowest BCUT2D eigenvalue weighted by atomic mass is 10.2. The zero-order valence-corrected chi connectivity index (χ0v) is 12.4. The van der Waals surface area contributed by atoms with Crippen LogP contribution in [0.25, 0.3) is 0 Å². The highest BCUT2D eigenvalue weighted by Gasteiger charge is 2.14. The molecule has 0 spiro atoms. The molecule has 0 unspecified atom stereocenters. The summed E-state index contributed by atoms with van der Waals surface area (Å²) in [5, 5.41) is 3.07. The molecule has 2 N–H and O–H groups in total. The molecule has 2 rings (SSSR count). The van der Waals surface area contributed by atoms with Crippen molar-refractivity contribution in [3.8, 4) is 0 Å². The number of hydrogen-bond donors (Lipinski definition) is 2. The van der Waals surface area contributed by atoms with Crippen LogP contribution in [-0.4, -0.2) is 10.9 Å². The molecule has 2 aromatic rings. The molecule has 0 atom stereocenters. The van der Waals surface area contributed by atoms with Gasteiger partial charge in [-0.15, -0.1) is 0 Å². The van der Waals surface area contributed by atoms with Gasteiger partial charge < -0.3 is 10.3 Å². The van der Waals surface area contributed by atoms with Crippen molar-refractivity contribution in [3.63, 3.8) is 0 Å². The number of nitrogens with one attached hydrogen (secondary N) is 2. The molecular formula is C12H7BrCl2N2O2. The Bertz CT molecular complexity index is 677. The Morgan fingerprint density at radius 3 is 2.47 bits per heavy atom. The van der Waals surface area contributed by atoms with Crippen molar-refractivity contribution in [2.24, 2.45) is 0 Å². The van der Waals surface area contributed by atoms with E-state index in [1.165, 1.54) is 18.5 Å². The highest BCUT2D eigenvalue weighted by molar-refractivity contribution is 9.10. The van der Waals surface area contributed by atoms with Gasteiger partial charge in [-0.1, -0.05) is 39.1 Å². The number of pyridine rings is 1. The third-order valence-electron chi connectivity index (χ3n) is 2.31. The Labute approximate surface area is 126 Å². The van der Waals surface area contributed by atoms with Crippen molar-refractivity contribution in [2.45, 2.75) is 0 Å². The van der Waals surface area contributed by atoms with Gasteiger partial charge in [0, 0.05) is 22.9 Å².